The van der Waals surface area contributed by atoms with Gasteiger partial charge in [-0.25, -0.2) is 13.2 Å². The first-order chi connectivity index (χ1) is 8.13. The number of rotatable bonds is 4. The summed E-state index contributed by atoms with van der Waals surface area (Å²) in [5, 5.41) is 9.14. The maximum absolute atomic E-state index is 11.7. The van der Waals surface area contributed by atoms with Gasteiger partial charge in [0.1, 0.15) is 16.3 Å². The number of carbonyl (C=O) groups is 2. The summed E-state index contributed by atoms with van der Waals surface area (Å²) in [7, 11) is -2.13. The van der Waals surface area contributed by atoms with Crippen molar-refractivity contribution in [1.82, 2.24) is 4.37 Å². The van der Waals surface area contributed by atoms with Gasteiger partial charge in [-0.2, -0.15) is 4.37 Å². The van der Waals surface area contributed by atoms with Crippen LogP contribution in [-0.2, 0) is 14.6 Å². The molecule has 0 aromatic carbocycles. The molecule has 1 aromatic rings. The number of anilines is 1. The smallest absolute Gasteiger partial charge is 0.340 e. The molecule has 7 nitrogen and oxygen atoms in total. The molecule has 0 aliphatic carbocycles. The van der Waals surface area contributed by atoms with Gasteiger partial charge in [-0.05, 0) is 18.5 Å². The van der Waals surface area contributed by atoms with Crippen molar-refractivity contribution in [3.05, 3.63) is 11.3 Å². The Bertz CT molecular complexity index is 590. The fourth-order valence-corrected chi connectivity index (χ4v) is 2.77. The number of carboxylic acid groups (broad SMARTS) is 1. The number of sulfone groups is 1. The number of nitrogens with zero attached hydrogens (tertiary/aromatic N) is 2. The molecule has 0 spiro atoms. The summed E-state index contributed by atoms with van der Waals surface area (Å²) in [5.74, 6) is -2.56. The van der Waals surface area contributed by atoms with E-state index in [1.54, 1.807) is 0 Å². The molecule has 1 aromatic heterocycles. The zero-order valence-corrected chi connectivity index (χ0v) is 11.6. The van der Waals surface area contributed by atoms with Crippen LogP contribution in [-0.4, -0.2) is 48.8 Å². The van der Waals surface area contributed by atoms with Gasteiger partial charge in [-0.3, -0.25) is 4.79 Å². The normalized spacial score (nSPS) is 11.3. The Morgan fingerprint density at radius 3 is 2.44 bits per heavy atom. The lowest BCUT2D eigenvalue weighted by atomic mass is 10.2. The van der Waals surface area contributed by atoms with Gasteiger partial charge in [0, 0.05) is 13.3 Å². The van der Waals surface area contributed by atoms with Crippen LogP contribution >= 0.6 is 11.5 Å². The highest BCUT2D eigenvalue weighted by atomic mass is 32.2. The maximum Gasteiger partial charge on any atom is 0.340 e. The van der Waals surface area contributed by atoms with Crippen molar-refractivity contribution in [2.24, 2.45) is 0 Å². The zero-order chi connectivity index (χ0) is 14.1. The molecule has 0 saturated carbocycles. The molecule has 0 atom stereocenters. The lowest BCUT2D eigenvalue weighted by Gasteiger charge is -2.15. The number of hydrogen-bond donors (Lipinski definition) is 1. The number of aromatic nitrogens is 1. The summed E-state index contributed by atoms with van der Waals surface area (Å²) >= 11 is 0.846. The lowest BCUT2D eigenvalue weighted by molar-refractivity contribution is -0.115. The van der Waals surface area contributed by atoms with Crippen LogP contribution in [0.1, 0.15) is 16.1 Å². The molecule has 1 rings (SSSR count). The maximum atomic E-state index is 11.7. The molecule has 9 heteroatoms. The van der Waals surface area contributed by atoms with Crippen molar-refractivity contribution < 1.29 is 23.1 Å². The van der Waals surface area contributed by atoms with Gasteiger partial charge in [0.05, 0.1) is 5.69 Å². The SMILES string of the molecule is Cc1nsc(N(C)C(=O)CS(C)(=O)=O)c1C(=O)O. The standard InChI is InChI=1S/C9H12N2O5S2/c1-5-7(9(13)14)8(17-10-5)11(2)6(12)4-18(3,15)16/h4H2,1-3H3,(H,13,14). The first kappa shape index (κ1) is 14.6. The monoisotopic (exact) mass is 292 g/mol. The van der Waals surface area contributed by atoms with Gasteiger partial charge < -0.3 is 10.0 Å². The van der Waals surface area contributed by atoms with E-state index in [2.05, 4.69) is 4.37 Å². The van der Waals surface area contributed by atoms with E-state index in [0.29, 0.717) is 5.69 Å². The van der Waals surface area contributed by atoms with Crippen LogP contribution in [0.5, 0.6) is 0 Å². The highest BCUT2D eigenvalue weighted by molar-refractivity contribution is 7.91. The van der Waals surface area contributed by atoms with E-state index in [-0.39, 0.29) is 10.6 Å². The van der Waals surface area contributed by atoms with Crippen LogP contribution in [0.15, 0.2) is 0 Å². The van der Waals surface area contributed by atoms with Crippen molar-refractivity contribution in [3.8, 4) is 0 Å². The molecule has 0 radical (unpaired) electrons. The molecule has 1 amide bonds. The lowest BCUT2D eigenvalue weighted by Crippen LogP contribution is -2.32. The Morgan fingerprint density at radius 2 is 2.00 bits per heavy atom. The topological polar surface area (TPSA) is 105 Å². The van der Waals surface area contributed by atoms with E-state index in [0.717, 1.165) is 22.7 Å². The van der Waals surface area contributed by atoms with Crippen LogP contribution in [0.4, 0.5) is 5.00 Å². The molecule has 1 N–H and O–H groups in total. The van der Waals surface area contributed by atoms with Crippen LogP contribution in [0.25, 0.3) is 0 Å². The Hall–Kier alpha value is -1.48. The van der Waals surface area contributed by atoms with E-state index in [4.69, 9.17) is 5.11 Å². The summed E-state index contributed by atoms with van der Waals surface area (Å²) < 4.78 is 25.9. The van der Waals surface area contributed by atoms with Gasteiger partial charge >= 0.3 is 5.97 Å². The van der Waals surface area contributed by atoms with Gasteiger partial charge in [0.2, 0.25) is 5.91 Å². The number of hydrogen-bond acceptors (Lipinski definition) is 6. The van der Waals surface area contributed by atoms with E-state index >= 15 is 0 Å². The molecule has 0 bridgehead atoms. The summed E-state index contributed by atoms with van der Waals surface area (Å²) in [6.45, 7) is 1.51. The van der Waals surface area contributed by atoms with Gasteiger partial charge in [0.15, 0.2) is 9.84 Å². The molecular formula is C9H12N2O5S2. The van der Waals surface area contributed by atoms with Crippen molar-refractivity contribution >= 4 is 38.2 Å². The molecule has 18 heavy (non-hydrogen) atoms. The number of aryl methyl sites for hydroxylation is 1. The summed E-state index contributed by atoms with van der Waals surface area (Å²) in [5.41, 5.74) is 0.214. The highest BCUT2D eigenvalue weighted by Gasteiger charge is 2.25. The van der Waals surface area contributed by atoms with Crippen LogP contribution < -0.4 is 4.90 Å². The van der Waals surface area contributed by atoms with Gasteiger partial charge in [0.25, 0.3) is 0 Å². The van der Waals surface area contributed by atoms with Crippen LogP contribution in [0, 0.1) is 6.92 Å². The average molecular weight is 292 g/mol. The van der Waals surface area contributed by atoms with Crippen LogP contribution in [0.3, 0.4) is 0 Å². The first-order valence-corrected chi connectivity index (χ1v) is 7.60. The molecule has 1 heterocycles. The van der Waals surface area contributed by atoms with E-state index in [1.165, 1.54) is 14.0 Å². The van der Waals surface area contributed by atoms with Crippen LogP contribution in [0.2, 0.25) is 0 Å². The van der Waals surface area contributed by atoms with E-state index in [9.17, 15) is 18.0 Å². The Kier molecular flexibility index (Phi) is 4.07. The predicted molar refractivity (Wildman–Crippen MR) is 66.9 cm³/mol. The Morgan fingerprint density at radius 1 is 1.44 bits per heavy atom. The molecule has 100 valence electrons. The molecule has 0 aliphatic heterocycles. The fraction of sp³-hybridized carbons (Fsp3) is 0.444. The summed E-state index contributed by atoms with van der Waals surface area (Å²) in [6.07, 6.45) is 0.939. The van der Waals surface area contributed by atoms with Crippen molar-refractivity contribution in [3.63, 3.8) is 0 Å². The molecule has 0 saturated heterocycles. The van der Waals surface area contributed by atoms with Gasteiger partial charge in [-0.15, -0.1) is 0 Å². The van der Waals surface area contributed by atoms with E-state index < -0.39 is 27.5 Å². The zero-order valence-electron chi connectivity index (χ0n) is 10.00. The number of carboxylic acids is 1. The Labute approximate surface area is 108 Å². The number of amides is 1. The Balaban J connectivity index is 3.08. The van der Waals surface area contributed by atoms with Crippen molar-refractivity contribution in [2.75, 3.05) is 24.0 Å². The van der Waals surface area contributed by atoms with Crippen molar-refractivity contribution in [2.45, 2.75) is 6.92 Å². The number of aromatic carboxylic acids is 1. The summed E-state index contributed by atoms with van der Waals surface area (Å²) in [4.78, 5) is 23.7. The summed E-state index contributed by atoms with van der Waals surface area (Å²) in [6, 6.07) is 0. The quantitative estimate of drug-likeness (QED) is 0.847. The average Bonchev–Trinajstić information content (AvgIpc) is 2.56. The highest BCUT2D eigenvalue weighted by Crippen LogP contribution is 2.27. The molecule has 0 unspecified atom stereocenters. The minimum atomic E-state index is -3.46. The first-order valence-electron chi connectivity index (χ1n) is 4.77. The van der Waals surface area contributed by atoms with E-state index in [1.807, 2.05) is 0 Å². The third-order valence-electron chi connectivity index (χ3n) is 2.12. The predicted octanol–water partition coefficient (Wildman–Crippen LogP) is 0.157. The van der Waals surface area contributed by atoms with Gasteiger partial charge in [-0.1, -0.05) is 0 Å². The molecular weight excluding hydrogens is 280 g/mol. The third-order valence-corrected chi connectivity index (χ3v) is 3.91. The second kappa shape index (κ2) is 5.02. The molecule has 0 fully saturated rings. The second-order valence-corrected chi connectivity index (χ2v) is 6.67. The number of carbonyl (C=O) groups excluding carboxylic acids is 1. The van der Waals surface area contributed by atoms with Crippen molar-refractivity contribution in [1.29, 1.82) is 0 Å². The minimum Gasteiger partial charge on any atom is -0.478 e. The second-order valence-electron chi connectivity index (χ2n) is 3.78. The molecule has 0 aliphatic rings. The fourth-order valence-electron chi connectivity index (χ4n) is 1.27. The third kappa shape index (κ3) is 3.26. The largest absolute Gasteiger partial charge is 0.478 e. The minimum absolute atomic E-state index is 0.0793.